The second-order valence-corrected chi connectivity index (χ2v) is 3.47. The summed E-state index contributed by atoms with van der Waals surface area (Å²) in [5.74, 6) is -0.718. The number of nitro benzene ring substituents is 1. The molecule has 0 aliphatic carbocycles. The molecule has 0 fully saturated rings. The van der Waals surface area contributed by atoms with Crippen molar-refractivity contribution in [3.05, 3.63) is 33.9 Å². The Bertz CT molecular complexity index is 447. The molecule has 0 radical (unpaired) electrons. The van der Waals surface area contributed by atoms with E-state index in [1.165, 1.54) is 17.0 Å². The van der Waals surface area contributed by atoms with E-state index in [9.17, 15) is 14.9 Å². The highest BCUT2D eigenvalue weighted by Gasteiger charge is 2.18. The molecule has 3 N–H and O–H groups in total. The normalized spacial score (nSPS) is 10.0. The maximum absolute atomic E-state index is 10.9. The van der Waals surface area contributed by atoms with E-state index in [-0.39, 0.29) is 24.4 Å². The molecular weight excluding hydrogens is 226 g/mol. The minimum absolute atomic E-state index is 0.0813. The molecule has 1 amide bonds. The van der Waals surface area contributed by atoms with Crippen LogP contribution in [0.3, 0.4) is 0 Å². The molecule has 7 heteroatoms. The van der Waals surface area contributed by atoms with Gasteiger partial charge >= 0.3 is 0 Å². The first-order valence-electron chi connectivity index (χ1n) is 4.87. The van der Waals surface area contributed by atoms with Gasteiger partial charge in [0, 0.05) is 25.2 Å². The van der Waals surface area contributed by atoms with Gasteiger partial charge in [-0.25, -0.2) is 0 Å². The Labute approximate surface area is 97.6 Å². The number of rotatable bonds is 5. The molecule has 1 rings (SSSR count). The number of primary amides is 1. The van der Waals surface area contributed by atoms with E-state index in [1.807, 2.05) is 0 Å². The first kappa shape index (κ1) is 12.9. The van der Waals surface area contributed by atoms with Gasteiger partial charge in [0.2, 0.25) is 5.91 Å². The Morgan fingerprint density at radius 3 is 2.71 bits per heavy atom. The van der Waals surface area contributed by atoms with Crippen molar-refractivity contribution >= 4 is 17.3 Å². The van der Waals surface area contributed by atoms with Gasteiger partial charge in [0.15, 0.2) is 0 Å². The first-order valence-corrected chi connectivity index (χ1v) is 4.87. The molecule has 0 aromatic heterocycles. The predicted octanol–water partition coefficient (Wildman–Crippen LogP) is 0.122. The number of benzene rings is 1. The van der Waals surface area contributed by atoms with E-state index in [4.69, 9.17) is 10.8 Å². The summed E-state index contributed by atoms with van der Waals surface area (Å²) in [5.41, 5.74) is 5.25. The number of carbonyl (C=O) groups is 1. The number of nitro groups is 1. The van der Waals surface area contributed by atoms with Crippen LogP contribution in [0.5, 0.6) is 0 Å². The van der Waals surface area contributed by atoms with E-state index in [0.717, 1.165) is 6.07 Å². The Morgan fingerprint density at radius 2 is 2.24 bits per heavy atom. The fraction of sp³-hybridized carbons (Fsp3) is 0.300. The highest BCUT2D eigenvalue weighted by atomic mass is 16.6. The van der Waals surface area contributed by atoms with Crippen molar-refractivity contribution in [3.63, 3.8) is 0 Å². The molecule has 0 aliphatic heterocycles. The van der Waals surface area contributed by atoms with Gasteiger partial charge in [-0.2, -0.15) is 0 Å². The van der Waals surface area contributed by atoms with Crippen LogP contribution in [-0.4, -0.2) is 36.1 Å². The molecule has 0 saturated carbocycles. The van der Waals surface area contributed by atoms with E-state index in [2.05, 4.69) is 0 Å². The van der Waals surface area contributed by atoms with Gasteiger partial charge in [-0.3, -0.25) is 14.9 Å². The van der Waals surface area contributed by atoms with Crippen LogP contribution in [0.25, 0.3) is 0 Å². The van der Waals surface area contributed by atoms with Crippen molar-refractivity contribution in [2.45, 2.75) is 0 Å². The van der Waals surface area contributed by atoms with Crippen LogP contribution < -0.4 is 10.6 Å². The van der Waals surface area contributed by atoms with E-state index in [1.54, 1.807) is 7.05 Å². The Morgan fingerprint density at radius 1 is 1.59 bits per heavy atom. The molecule has 1 aromatic rings. The molecule has 17 heavy (non-hydrogen) atoms. The standard InChI is InChI=1S/C10H13N3O4/c1-12(4-5-14)8-3-2-7(10(11)15)6-9(8)13(16)17/h2-3,6,14H,4-5H2,1H3,(H2,11,15). The maximum Gasteiger partial charge on any atom is 0.293 e. The van der Waals surface area contributed by atoms with Crippen molar-refractivity contribution in [2.75, 3.05) is 25.1 Å². The lowest BCUT2D eigenvalue weighted by atomic mass is 10.1. The number of hydrogen-bond acceptors (Lipinski definition) is 5. The summed E-state index contributed by atoms with van der Waals surface area (Å²) in [6, 6.07) is 3.98. The van der Waals surface area contributed by atoms with Crippen molar-refractivity contribution in [3.8, 4) is 0 Å². The Hall–Kier alpha value is -2.15. The van der Waals surface area contributed by atoms with Crippen LogP contribution in [0, 0.1) is 10.1 Å². The molecule has 0 aliphatic rings. The van der Waals surface area contributed by atoms with E-state index < -0.39 is 10.8 Å². The zero-order valence-corrected chi connectivity index (χ0v) is 9.29. The molecule has 7 nitrogen and oxygen atoms in total. The van der Waals surface area contributed by atoms with Gasteiger partial charge in [-0.15, -0.1) is 0 Å². The van der Waals surface area contributed by atoms with Gasteiger partial charge in [0.1, 0.15) is 5.69 Å². The summed E-state index contributed by atoms with van der Waals surface area (Å²) < 4.78 is 0. The van der Waals surface area contributed by atoms with Crippen LogP contribution in [-0.2, 0) is 0 Å². The lowest BCUT2D eigenvalue weighted by Crippen LogP contribution is -2.22. The number of aliphatic hydroxyl groups is 1. The third kappa shape index (κ3) is 2.91. The van der Waals surface area contributed by atoms with Gasteiger partial charge in [-0.05, 0) is 12.1 Å². The summed E-state index contributed by atoms with van der Waals surface area (Å²) in [6.45, 7) is 0.141. The second-order valence-electron chi connectivity index (χ2n) is 3.47. The lowest BCUT2D eigenvalue weighted by molar-refractivity contribution is -0.384. The molecule has 1 aromatic carbocycles. The average Bonchev–Trinajstić information content (AvgIpc) is 2.28. The third-order valence-electron chi connectivity index (χ3n) is 2.30. The topological polar surface area (TPSA) is 110 Å². The Kier molecular flexibility index (Phi) is 4.00. The second kappa shape index (κ2) is 5.26. The van der Waals surface area contributed by atoms with Crippen molar-refractivity contribution in [1.29, 1.82) is 0 Å². The highest BCUT2D eigenvalue weighted by Crippen LogP contribution is 2.28. The minimum Gasteiger partial charge on any atom is -0.395 e. The predicted molar refractivity (Wildman–Crippen MR) is 62.0 cm³/mol. The number of nitrogens with zero attached hydrogens (tertiary/aromatic N) is 2. The molecule has 0 spiro atoms. The van der Waals surface area contributed by atoms with Crippen LogP contribution >= 0.6 is 0 Å². The fourth-order valence-electron chi connectivity index (χ4n) is 1.42. The highest BCUT2D eigenvalue weighted by molar-refractivity contribution is 5.94. The van der Waals surface area contributed by atoms with Gasteiger partial charge in [0.05, 0.1) is 11.5 Å². The number of carbonyl (C=O) groups excluding carboxylic acids is 1. The fourth-order valence-corrected chi connectivity index (χ4v) is 1.42. The minimum atomic E-state index is -0.718. The lowest BCUT2D eigenvalue weighted by Gasteiger charge is -2.17. The van der Waals surface area contributed by atoms with Crippen LogP contribution in [0.4, 0.5) is 11.4 Å². The first-order chi connectivity index (χ1) is 7.97. The number of nitrogens with two attached hydrogens (primary N) is 1. The van der Waals surface area contributed by atoms with Crippen LogP contribution in [0.2, 0.25) is 0 Å². The van der Waals surface area contributed by atoms with Crippen LogP contribution in [0.15, 0.2) is 18.2 Å². The number of anilines is 1. The third-order valence-corrected chi connectivity index (χ3v) is 2.30. The van der Waals surface area contributed by atoms with Crippen molar-refractivity contribution in [2.24, 2.45) is 5.73 Å². The molecule has 0 saturated heterocycles. The number of hydrogen-bond donors (Lipinski definition) is 2. The summed E-state index contributed by atoms with van der Waals surface area (Å²) in [7, 11) is 1.61. The number of likely N-dealkylation sites (N-methyl/N-ethyl adjacent to an activating group) is 1. The number of aliphatic hydroxyl groups excluding tert-OH is 1. The monoisotopic (exact) mass is 239 g/mol. The summed E-state index contributed by atoms with van der Waals surface area (Å²) in [6.07, 6.45) is 0. The summed E-state index contributed by atoms with van der Waals surface area (Å²) in [4.78, 5) is 22.7. The SMILES string of the molecule is CN(CCO)c1ccc(C(N)=O)cc1[N+](=O)[O-]. The Balaban J connectivity index is 3.22. The number of amides is 1. The van der Waals surface area contributed by atoms with Crippen molar-refractivity contribution < 1.29 is 14.8 Å². The quantitative estimate of drug-likeness (QED) is 0.560. The molecule has 92 valence electrons. The van der Waals surface area contributed by atoms with E-state index in [0.29, 0.717) is 5.69 Å². The molecular formula is C10H13N3O4. The molecule has 0 bridgehead atoms. The molecule has 0 atom stereocenters. The largest absolute Gasteiger partial charge is 0.395 e. The van der Waals surface area contributed by atoms with Gasteiger partial charge < -0.3 is 15.7 Å². The zero-order chi connectivity index (χ0) is 13.0. The molecule has 0 heterocycles. The van der Waals surface area contributed by atoms with Crippen molar-refractivity contribution in [1.82, 2.24) is 0 Å². The van der Waals surface area contributed by atoms with Crippen LogP contribution in [0.1, 0.15) is 10.4 Å². The zero-order valence-electron chi connectivity index (χ0n) is 9.29. The van der Waals surface area contributed by atoms with Gasteiger partial charge in [-0.1, -0.05) is 0 Å². The molecule has 0 unspecified atom stereocenters. The summed E-state index contributed by atoms with van der Waals surface area (Å²) in [5, 5.41) is 19.7. The maximum atomic E-state index is 10.9. The summed E-state index contributed by atoms with van der Waals surface area (Å²) >= 11 is 0. The average molecular weight is 239 g/mol. The smallest absolute Gasteiger partial charge is 0.293 e. The van der Waals surface area contributed by atoms with E-state index >= 15 is 0 Å². The van der Waals surface area contributed by atoms with Gasteiger partial charge in [0.25, 0.3) is 5.69 Å².